The number of ether oxygens (including phenoxy) is 1. The van der Waals surface area contributed by atoms with Gasteiger partial charge >= 0.3 is 0 Å². The van der Waals surface area contributed by atoms with Gasteiger partial charge in [0.25, 0.3) is 5.56 Å². The van der Waals surface area contributed by atoms with Gasteiger partial charge in [-0.05, 0) is 37.3 Å². The predicted molar refractivity (Wildman–Crippen MR) is 99.2 cm³/mol. The van der Waals surface area contributed by atoms with E-state index in [1.165, 1.54) is 0 Å². The van der Waals surface area contributed by atoms with Crippen molar-refractivity contribution in [1.82, 2.24) is 4.57 Å². The minimum atomic E-state index is -0.0706. The van der Waals surface area contributed by atoms with Crippen LogP contribution in [0.3, 0.4) is 0 Å². The van der Waals surface area contributed by atoms with Crippen molar-refractivity contribution in [3.63, 3.8) is 0 Å². The molecule has 0 unspecified atom stereocenters. The molecule has 0 aliphatic heterocycles. The zero-order valence-electron chi connectivity index (χ0n) is 13.8. The summed E-state index contributed by atoms with van der Waals surface area (Å²) < 4.78 is 7.80. The third-order valence-corrected chi connectivity index (χ3v) is 5.17. The molecule has 0 bridgehead atoms. The van der Waals surface area contributed by atoms with Crippen LogP contribution in [-0.2, 0) is 13.1 Å². The van der Waals surface area contributed by atoms with Gasteiger partial charge in [0.1, 0.15) is 5.75 Å². The van der Waals surface area contributed by atoms with Crippen molar-refractivity contribution in [2.75, 3.05) is 6.61 Å². The Morgan fingerprint density at radius 1 is 1.25 bits per heavy atom. The summed E-state index contributed by atoms with van der Waals surface area (Å²) in [5, 5.41) is 2.01. The summed E-state index contributed by atoms with van der Waals surface area (Å²) in [6, 6.07) is 3.35. The number of halogens is 2. The van der Waals surface area contributed by atoms with E-state index in [0.717, 1.165) is 31.4 Å². The average Bonchev–Trinajstić information content (AvgIpc) is 3.38. The first-order valence-electron chi connectivity index (χ1n) is 8.44. The minimum absolute atomic E-state index is 0.0706. The van der Waals surface area contributed by atoms with Crippen molar-refractivity contribution in [2.24, 2.45) is 11.7 Å². The molecular weight excluding hydrogens is 347 g/mol. The van der Waals surface area contributed by atoms with Gasteiger partial charge in [0.15, 0.2) is 0 Å². The molecule has 2 aromatic rings. The van der Waals surface area contributed by atoms with E-state index in [1.54, 1.807) is 16.7 Å². The highest BCUT2D eigenvalue weighted by atomic mass is 35.5. The molecule has 1 fully saturated rings. The van der Waals surface area contributed by atoms with Gasteiger partial charge < -0.3 is 15.0 Å². The number of pyridine rings is 1. The Morgan fingerprint density at radius 2 is 1.92 bits per heavy atom. The fourth-order valence-corrected chi connectivity index (χ4v) is 3.22. The fraction of sp³-hybridized carbons (Fsp3) is 0.500. The van der Waals surface area contributed by atoms with E-state index >= 15 is 0 Å². The van der Waals surface area contributed by atoms with E-state index in [9.17, 15) is 4.79 Å². The molecule has 24 heavy (non-hydrogen) atoms. The molecule has 2 N–H and O–H groups in total. The van der Waals surface area contributed by atoms with Gasteiger partial charge in [-0.2, -0.15) is 0 Å². The van der Waals surface area contributed by atoms with Crippen LogP contribution >= 0.6 is 23.2 Å². The third kappa shape index (κ3) is 3.41. The Balaban J connectivity index is 2.22. The van der Waals surface area contributed by atoms with Crippen molar-refractivity contribution in [2.45, 2.75) is 45.7 Å². The van der Waals surface area contributed by atoms with E-state index in [4.69, 9.17) is 33.7 Å². The lowest BCUT2D eigenvalue weighted by Crippen LogP contribution is -2.27. The summed E-state index contributed by atoms with van der Waals surface area (Å²) in [5.41, 5.74) is 6.65. The summed E-state index contributed by atoms with van der Waals surface area (Å²) in [7, 11) is 0. The lowest BCUT2D eigenvalue weighted by atomic mass is 10.1. The quantitative estimate of drug-likeness (QED) is 0.738. The number of hydrogen-bond acceptors (Lipinski definition) is 3. The summed E-state index contributed by atoms with van der Waals surface area (Å²) in [4.78, 5) is 13.0. The molecule has 0 saturated heterocycles. The number of rotatable bonds is 7. The first-order valence-corrected chi connectivity index (χ1v) is 9.19. The smallest absolute Gasteiger partial charge is 0.258 e. The molecule has 1 aromatic carbocycles. The zero-order chi connectivity index (χ0) is 17.3. The van der Waals surface area contributed by atoms with Crippen LogP contribution in [0.1, 0.15) is 38.3 Å². The summed E-state index contributed by atoms with van der Waals surface area (Å²) in [6.45, 7) is 3.63. The van der Waals surface area contributed by atoms with Gasteiger partial charge in [0.05, 0.1) is 27.7 Å². The second-order valence-corrected chi connectivity index (χ2v) is 7.17. The SMILES string of the molecule is CCCCOc1c(CN)n(CC2CC2)c(=O)c2cc(Cl)c(Cl)cc12. The van der Waals surface area contributed by atoms with Crippen LogP contribution in [0.4, 0.5) is 0 Å². The zero-order valence-corrected chi connectivity index (χ0v) is 15.3. The first-order chi connectivity index (χ1) is 11.6. The van der Waals surface area contributed by atoms with Crippen molar-refractivity contribution in [1.29, 1.82) is 0 Å². The lowest BCUT2D eigenvalue weighted by molar-refractivity contribution is 0.305. The maximum absolute atomic E-state index is 13.0. The van der Waals surface area contributed by atoms with Gasteiger partial charge in [-0.25, -0.2) is 0 Å². The van der Waals surface area contributed by atoms with E-state index in [0.29, 0.717) is 45.6 Å². The maximum atomic E-state index is 13.0. The third-order valence-electron chi connectivity index (χ3n) is 4.44. The number of hydrogen-bond donors (Lipinski definition) is 1. The molecule has 130 valence electrons. The minimum Gasteiger partial charge on any atom is -0.491 e. The number of nitrogens with two attached hydrogens (primary N) is 1. The fourth-order valence-electron chi connectivity index (χ4n) is 2.89. The molecule has 1 heterocycles. The van der Waals surface area contributed by atoms with Gasteiger partial charge in [-0.15, -0.1) is 0 Å². The second-order valence-electron chi connectivity index (χ2n) is 6.35. The van der Waals surface area contributed by atoms with E-state index in [-0.39, 0.29) is 12.1 Å². The van der Waals surface area contributed by atoms with Crippen molar-refractivity contribution in [3.8, 4) is 5.75 Å². The normalized spacial score (nSPS) is 14.3. The van der Waals surface area contributed by atoms with Crippen molar-refractivity contribution >= 4 is 34.0 Å². The Morgan fingerprint density at radius 3 is 2.50 bits per heavy atom. The number of benzene rings is 1. The highest BCUT2D eigenvalue weighted by molar-refractivity contribution is 6.42. The van der Waals surface area contributed by atoms with Gasteiger partial charge in [-0.3, -0.25) is 4.79 Å². The Hall–Kier alpha value is -1.23. The molecule has 0 radical (unpaired) electrons. The largest absolute Gasteiger partial charge is 0.491 e. The molecule has 0 atom stereocenters. The number of fused-ring (bicyclic) bond motifs is 1. The first kappa shape index (κ1) is 17.6. The van der Waals surface area contributed by atoms with Crippen LogP contribution < -0.4 is 16.0 Å². The van der Waals surface area contributed by atoms with Crippen LogP contribution in [-0.4, -0.2) is 11.2 Å². The molecule has 6 heteroatoms. The molecule has 1 aliphatic carbocycles. The van der Waals surface area contributed by atoms with Crippen molar-refractivity contribution < 1.29 is 4.74 Å². The maximum Gasteiger partial charge on any atom is 0.258 e. The summed E-state index contributed by atoms with van der Waals surface area (Å²) in [5.74, 6) is 1.22. The molecule has 0 spiro atoms. The molecule has 1 aliphatic rings. The van der Waals surface area contributed by atoms with E-state index in [2.05, 4.69) is 6.92 Å². The molecular formula is C18H22Cl2N2O2. The highest BCUT2D eigenvalue weighted by Crippen LogP contribution is 2.36. The van der Waals surface area contributed by atoms with E-state index < -0.39 is 0 Å². The van der Waals surface area contributed by atoms with Gasteiger partial charge in [0, 0.05) is 18.5 Å². The predicted octanol–water partition coefficient (Wildman–Crippen LogP) is 4.36. The number of unbranched alkanes of at least 4 members (excludes halogenated alkanes) is 1. The van der Waals surface area contributed by atoms with Gasteiger partial charge in [-0.1, -0.05) is 36.5 Å². The molecule has 1 aromatic heterocycles. The van der Waals surface area contributed by atoms with E-state index in [1.807, 2.05) is 0 Å². The van der Waals surface area contributed by atoms with Crippen LogP contribution in [0.2, 0.25) is 10.0 Å². The Labute approximate surface area is 151 Å². The average molecular weight is 369 g/mol. The second kappa shape index (κ2) is 7.34. The van der Waals surface area contributed by atoms with Crippen LogP contribution in [0.5, 0.6) is 5.75 Å². The lowest BCUT2D eigenvalue weighted by Gasteiger charge is -2.19. The van der Waals surface area contributed by atoms with Crippen LogP contribution in [0.25, 0.3) is 10.8 Å². The van der Waals surface area contributed by atoms with Gasteiger partial charge in [0.2, 0.25) is 0 Å². The Kier molecular flexibility index (Phi) is 5.38. The van der Waals surface area contributed by atoms with Crippen LogP contribution in [0.15, 0.2) is 16.9 Å². The highest BCUT2D eigenvalue weighted by Gasteiger charge is 2.26. The molecule has 4 nitrogen and oxygen atoms in total. The van der Waals surface area contributed by atoms with Crippen molar-refractivity contribution in [3.05, 3.63) is 38.2 Å². The summed E-state index contributed by atoms with van der Waals surface area (Å²) >= 11 is 12.3. The Bertz CT molecular complexity index is 813. The summed E-state index contributed by atoms with van der Waals surface area (Å²) in [6.07, 6.45) is 4.28. The molecule has 3 rings (SSSR count). The number of aromatic nitrogens is 1. The topological polar surface area (TPSA) is 57.2 Å². The van der Waals surface area contributed by atoms with Crippen LogP contribution in [0, 0.1) is 5.92 Å². The molecule has 0 amide bonds. The monoisotopic (exact) mass is 368 g/mol. The number of nitrogens with zero attached hydrogens (tertiary/aromatic N) is 1. The standard InChI is InChI=1S/C18H22Cl2N2O2/c1-2-3-6-24-17-12-7-14(19)15(20)8-13(12)18(23)22(16(17)9-21)10-11-4-5-11/h7-8,11H,2-6,9-10,21H2,1H3. The molecule has 1 saturated carbocycles.